The number of alkyl halides is 2. The van der Waals surface area contributed by atoms with Crippen LogP contribution in [0.2, 0.25) is 0 Å². The van der Waals surface area contributed by atoms with Crippen molar-refractivity contribution < 1.29 is 31.5 Å². The first-order chi connectivity index (χ1) is 16.5. The van der Waals surface area contributed by atoms with E-state index in [2.05, 4.69) is 5.32 Å². The number of carbonyl (C=O) groups excluding carboxylic acids is 1. The standard InChI is InChI=1S/C25H24F2N2O5S/c1-14(2)24(30)29-17-6-3-5-16(12-17)23-19-11-15(13-35(28,31)32)9-10-18(19)22-20(33-23)7-4-8-21(22)34-25(26)27/h3-12,14,23,25H,13H2,1-2H3,(H,29,30)(H2,28,31,32). The Morgan fingerprint density at radius 1 is 1.11 bits per heavy atom. The number of benzene rings is 3. The molecule has 0 saturated carbocycles. The molecule has 0 bridgehead atoms. The van der Waals surface area contributed by atoms with Crippen LogP contribution in [0.5, 0.6) is 11.5 Å². The summed E-state index contributed by atoms with van der Waals surface area (Å²) in [7, 11) is -3.81. The van der Waals surface area contributed by atoms with Gasteiger partial charge in [0.15, 0.2) is 0 Å². The molecule has 1 aliphatic rings. The van der Waals surface area contributed by atoms with Gasteiger partial charge in [-0.2, -0.15) is 8.78 Å². The number of hydrogen-bond acceptors (Lipinski definition) is 5. The Kier molecular flexibility index (Phi) is 6.77. The highest BCUT2D eigenvalue weighted by atomic mass is 32.2. The lowest BCUT2D eigenvalue weighted by molar-refractivity contribution is -0.118. The van der Waals surface area contributed by atoms with Gasteiger partial charge in [-0.25, -0.2) is 13.6 Å². The Morgan fingerprint density at radius 3 is 2.54 bits per heavy atom. The molecule has 1 aliphatic heterocycles. The predicted molar refractivity (Wildman–Crippen MR) is 128 cm³/mol. The van der Waals surface area contributed by atoms with Crippen LogP contribution < -0.4 is 19.9 Å². The molecule has 10 heteroatoms. The lowest BCUT2D eigenvalue weighted by Gasteiger charge is -2.31. The summed E-state index contributed by atoms with van der Waals surface area (Å²) in [6, 6.07) is 16.5. The van der Waals surface area contributed by atoms with Gasteiger partial charge in [-0.3, -0.25) is 4.79 Å². The van der Waals surface area contributed by atoms with Crippen molar-refractivity contribution in [1.82, 2.24) is 0 Å². The molecular weight excluding hydrogens is 478 g/mol. The van der Waals surface area contributed by atoms with E-state index in [1.807, 2.05) is 0 Å². The first-order valence-corrected chi connectivity index (χ1v) is 12.5. The highest BCUT2D eigenvalue weighted by Crippen LogP contribution is 2.49. The fourth-order valence-corrected chi connectivity index (χ4v) is 4.60. The molecule has 3 N–H and O–H groups in total. The third kappa shape index (κ3) is 5.60. The van der Waals surface area contributed by atoms with E-state index in [1.54, 1.807) is 68.4 Å². The SMILES string of the molecule is CC(C)C(=O)Nc1cccc(C2Oc3cccc(OC(F)F)c3-c3ccc(CS(N)(=O)=O)cc32)c1. The lowest BCUT2D eigenvalue weighted by atomic mass is 9.88. The zero-order valence-corrected chi connectivity index (χ0v) is 19.8. The molecule has 1 heterocycles. The van der Waals surface area contributed by atoms with Crippen LogP contribution in [0.15, 0.2) is 60.7 Å². The maximum Gasteiger partial charge on any atom is 0.387 e. The van der Waals surface area contributed by atoms with Crippen LogP contribution in [0, 0.1) is 5.92 Å². The molecule has 35 heavy (non-hydrogen) atoms. The van der Waals surface area contributed by atoms with E-state index in [9.17, 15) is 22.0 Å². The summed E-state index contributed by atoms with van der Waals surface area (Å²) in [4.78, 5) is 12.2. The number of carbonyl (C=O) groups is 1. The van der Waals surface area contributed by atoms with E-state index < -0.39 is 28.5 Å². The Hall–Kier alpha value is -3.50. The molecule has 4 rings (SSSR count). The van der Waals surface area contributed by atoms with Crippen LogP contribution in [0.1, 0.15) is 36.6 Å². The van der Waals surface area contributed by atoms with E-state index in [1.165, 1.54) is 6.07 Å². The molecule has 0 spiro atoms. The Bertz CT molecular complexity index is 1380. The molecule has 3 aromatic rings. The van der Waals surface area contributed by atoms with E-state index in [-0.39, 0.29) is 17.6 Å². The Labute approximate surface area is 201 Å². The van der Waals surface area contributed by atoms with Crippen LogP contribution in [-0.2, 0) is 20.6 Å². The number of halogens is 2. The van der Waals surface area contributed by atoms with Crippen molar-refractivity contribution >= 4 is 21.6 Å². The van der Waals surface area contributed by atoms with Gasteiger partial charge in [0, 0.05) is 17.2 Å². The van der Waals surface area contributed by atoms with Crippen molar-refractivity contribution in [2.75, 3.05) is 5.32 Å². The number of nitrogens with two attached hydrogens (primary N) is 1. The maximum absolute atomic E-state index is 13.1. The second-order valence-electron chi connectivity index (χ2n) is 8.50. The molecule has 7 nitrogen and oxygen atoms in total. The molecule has 184 valence electrons. The monoisotopic (exact) mass is 502 g/mol. The third-order valence-electron chi connectivity index (χ3n) is 5.47. The predicted octanol–water partition coefficient (Wildman–Crippen LogP) is 4.82. The van der Waals surface area contributed by atoms with Gasteiger partial charge in [0.1, 0.15) is 17.6 Å². The average Bonchev–Trinajstić information content (AvgIpc) is 2.77. The van der Waals surface area contributed by atoms with Gasteiger partial charge in [0.05, 0.1) is 11.3 Å². The molecule has 1 amide bonds. The van der Waals surface area contributed by atoms with Crippen molar-refractivity contribution in [3.8, 4) is 22.6 Å². The van der Waals surface area contributed by atoms with Gasteiger partial charge in [-0.1, -0.05) is 50.2 Å². The van der Waals surface area contributed by atoms with E-state index in [4.69, 9.17) is 14.6 Å². The number of fused-ring (bicyclic) bond motifs is 3. The smallest absolute Gasteiger partial charge is 0.387 e. The minimum absolute atomic E-state index is 0.0608. The third-order valence-corrected chi connectivity index (χ3v) is 6.20. The van der Waals surface area contributed by atoms with Crippen molar-refractivity contribution in [3.05, 3.63) is 77.4 Å². The number of primary sulfonamides is 1. The lowest BCUT2D eigenvalue weighted by Crippen LogP contribution is -2.20. The molecule has 3 aromatic carbocycles. The zero-order chi connectivity index (χ0) is 25.3. The van der Waals surface area contributed by atoms with Crippen LogP contribution in [-0.4, -0.2) is 20.9 Å². The first-order valence-electron chi connectivity index (χ1n) is 10.8. The second kappa shape index (κ2) is 9.63. The summed E-state index contributed by atoms with van der Waals surface area (Å²) in [6.45, 7) is 0.524. The maximum atomic E-state index is 13.1. The number of nitrogens with one attached hydrogen (secondary N) is 1. The number of rotatable bonds is 7. The summed E-state index contributed by atoms with van der Waals surface area (Å²) in [5.41, 5.74) is 3.10. The largest absolute Gasteiger partial charge is 0.480 e. The fourth-order valence-electron chi connectivity index (χ4n) is 3.95. The van der Waals surface area contributed by atoms with Crippen LogP contribution in [0.4, 0.5) is 14.5 Å². The Balaban J connectivity index is 1.84. The Morgan fingerprint density at radius 2 is 1.86 bits per heavy atom. The minimum atomic E-state index is -3.81. The van der Waals surface area contributed by atoms with Gasteiger partial charge >= 0.3 is 6.61 Å². The summed E-state index contributed by atoms with van der Waals surface area (Å²) in [6.07, 6.45) is -0.712. The molecule has 0 fully saturated rings. The molecule has 0 aliphatic carbocycles. The second-order valence-corrected chi connectivity index (χ2v) is 10.1. The van der Waals surface area contributed by atoms with Crippen molar-refractivity contribution in [2.45, 2.75) is 32.3 Å². The van der Waals surface area contributed by atoms with E-state index in [0.717, 1.165) is 0 Å². The number of anilines is 1. The van der Waals surface area contributed by atoms with E-state index >= 15 is 0 Å². The molecular formula is C25H24F2N2O5S. The molecule has 0 aromatic heterocycles. The zero-order valence-electron chi connectivity index (χ0n) is 19.0. The fraction of sp³-hybridized carbons (Fsp3) is 0.240. The van der Waals surface area contributed by atoms with Crippen LogP contribution in [0.25, 0.3) is 11.1 Å². The van der Waals surface area contributed by atoms with Gasteiger partial charge in [-0.05, 0) is 41.0 Å². The van der Waals surface area contributed by atoms with Gasteiger partial charge < -0.3 is 14.8 Å². The summed E-state index contributed by atoms with van der Waals surface area (Å²) in [5, 5.41) is 8.08. The topological polar surface area (TPSA) is 108 Å². The normalized spacial score (nSPS) is 14.8. The summed E-state index contributed by atoms with van der Waals surface area (Å²) in [5.74, 6) is -0.502. The van der Waals surface area contributed by atoms with E-state index in [0.29, 0.717) is 39.3 Å². The number of hydrogen-bond donors (Lipinski definition) is 2. The summed E-state index contributed by atoms with van der Waals surface area (Å²) < 4.78 is 60.5. The van der Waals surface area contributed by atoms with Crippen LogP contribution >= 0.6 is 0 Å². The van der Waals surface area contributed by atoms with Crippen molar-refractivity contribution in [1.29, 1.82) is 0 Å². The quantitative estimate of drug-likeness (QED) is 0.482. The highest BCUT2D eigenvalue weighted by Gasteiger charge is 2.31. The summed E-state index contributed by atoms with van der Waals surface area (Å²) >= 11 is 0. The van der Waals surface area contributed by atoms with Crippen molar-refractivity contribution in [2.24, 2.45) is 11.1 Å². The minimum Gasteiger partial charge on any atom is -0.480 e. The first kappa shape index (κ1) is 24.6. The number of sulfonamides is 1. The highest BCUT2D eigenvalue weighted by molar-refractivity contribution is 7.88. The van der Waals surface area contributed by atoms with Crippen molar-refractivity contribution in [3.63, 3.8) is 0 Å². The molecule has 1 atom stereocenters. The van der Waals surface area contributed by atoms with Crippen LogP contribution in [0.3, 0.4) is 0 Å². The van der Waals surface area contributed by atoms with Gasteiger partial charge in [0.2, 0.25) is 15.9 Å². The molecule has 0 saturated heterocycles. The van der Waals surface area contributed by atoms with Gasteiger partial charge in [0.25, 0.3) is 0 Å². The molecule has 0 radical (unpaired) electrons. The van der Waals surface area contributed by atoms with Gasteiger partial charge in [-0.15, -0.1) is 0 Å². The average molecular weight is 503 g/mol. The molecule has 1 unspecified atom stereocenters. The number of amides is 1. The number of ether oxygens (including phenoxy) is 2.